The predicted octanol–water partition coefficient (Wildman–Crippen LogP) is 3.76. The lowest BCUT2D eigenvalue weighted by molar-refractivity contribution is -0.118. The number of aromatic nitrogens is 1. The highest BCUT2D eigenvalue weighted by Crippen LogP contribution is 2.35. The Morgan fingerprint density at radius 3 is 2.56 bits per heavy atom. The lowest BCUT2D eigenvalue weighted by Crippen LogP contribution is -2.20. The molecule has 0 unspecified atom stereocenters. The molecule has 0 saturated carbocycles. The zero-order chi connectivity index (χ0) is 18.0. The minimum atomic E-state index is -0.0491. The third-order valence-corrected chi connectivity index (χ3v) is 4.27. The molecular weight excluding hydrogens is 316 g/mol. The van der Waals surface area contributed by atoms with E-state index >= 15 is 0 Å². The third kappa shape index (κ3) is 3.50. The van der Waals surface area contributed by atoms with Crippen LogP contribution in [0.3, 0.4) is 0 Å². The topological polar surface area (TPSA) is 60.5 Å². The molecule has 2 aromatic rings. The molecule has 3 rings (SSSR count). The molecule has 1 aromatic carbocycles. The van der Waals surface area contributed by atoms with Gasteiger partial charge in [0.25, 0.3) is 0 Å². The summed E-state index contributed by atoms with van der Waals surface area (Å²) in [6, 6.07) is 5.96. The van der Waals surface area contributed by atoms with Gasteiger partial charge in [0.05, 0.1) is 19.9 Å². The van der Waals surface area contributed by atoms with Gasteiger partial charge in [-0.25, -0.2) is 0 Å². The summed E-state index contributed by atoms with van der Waals surface area (Å²) in [5.74, 6) is 1.34. The van der Waals surface area contributed by atoms with E-state index in [1.165, 1.54) is 6.92 Å². The highest BCUT2D eigenvalue weighted by atomic mass is 16.5. The summed E-state index contributed by atoms with van der Waals surface area (Å²) in [7, 11) is 3.26. The number of benzene rings is 1. The van der Waals surface area contributed by atoms with E-state index in [9.17, 15) is 4.79 Å². The summed E-state index contributed by atoms with van der Waals surface area (Å²) < 4.78 is 10.8. The van der Waals surface area contributed by atoms with Crippen LogP contribution in [0, 0.1) is 6.92 Å². The van der Waals surface area contributed by atoms with Crippen LogP contribution in [0.2, 0.25) is 0 Å². The molecule has 0 fully saturated rings. The number of aryl methyl sites for hydroxylation is 1. The SMILES string of the molecule is COc1cc2cc(C3=CCCC(NC(C)=O)=C3)nc(C)c2cc1OC. The highest BCUT2D eigenvalue weighted by Gasteiger charge is 2.13. The van der Waals surface area contributed by atoms with Crippen molar-refractivity contribution in [2.45, 2.75) is 26.7 Å². The van der Waals surface area contributed by atoms with Gasteiger partial charge in [0.1, 0.15) is 0 Å². The van der Waals surface area contributed by atoms with Gasteiger partial charge >= 0.3 is 0 Å². The summed E-state index contributed by atoms with van der Waals surface area (Å²) >= 11 is 0. The number of carbonyl (C=O) groups is 1. The Balaban J connectivity index is 2.07. The van der Waals surface area contributed by atoms with Crippen molar-refractivity contribution in [1.29, 1.82) is 0 Å². The van der Waals surface area contributed by atoms with E-state index in [-0.39, 0.29) is 5.91 Å². The average Bonchev–Trinajstić information content (AvgIpc) is 2.60. The number of ether oxygens (including phenoxy) is 2. The molecule has 1 aliphatic carbocycles. The molecule has 1 heterocycles. The molecule has 5 heteroatoms. The molecule has 1 aliphatic rings. The Morgan fingerprint density at radius 2 is 1.88 bits per heavy atom. The summed E-state index contributed by atoms with van der Waals surface area (Å²) in [4.78, 5) is 16.0. The van der Waals surface area contributed by atoms with Crippen LogP contribution < -0.4 is 14.8 Å². The van der Waals surface area contributed by atoms with Gasteiger partial charge in [-0.2, -0.15) is 0 Å². The fourth-order valence-corrected chi connectivity index (χ4v) is 3.10. The quantitative estimate of drug-likeness (QED) is 0.922. The minimum absolute atomic E-state index is 0.0491. The van der Waals surface area contributed by atoms with Gasteiger partial charge in [-0.3, -0.25) is 9.78 Å². The van der Waals surface area contributed by atoms with Crippen molar-refractivity contribution < 1.29 is 14.3 Å². The van der Waals surface area contributed by atoms with Crippen LogP contribution >= 0.6 is 0 Å². The average molecular weight is 338 g/mol. The van der Waals surface area contributed by atoms with Gasteiger partial charge < -0.3 is 14.8 Å². The summed E-state index contributed by atoms with van der Waals surface area (Å²) in [6.07, 6.45) is 5.87. The molecule has 5 nitrogen and oxygen atoms in total. The molecule has 1 amide bonds. The van der Waals surface area contributed by atoms with Crippen molar-refractivity contribution in [2.24, 2.45) is 0 Å². The van der Waals surface area contributed by atoms with Crippen molar-refractivity contribution >= 4 is 22.3 Å². The summed E-state index contributed by atoms with van der Waals surface area (Å²) in [5.41, 5.74) is 3.76. The smallest absolute Gasteiger partial charge is 0.220 e. The van der Waals surface area contributed by atoms with Crippen molar-refractivity contribution in [1.82, 2.24) is 10.3 Å². The fourth-order valence-electron chi connectivity index (χ4n) is 3.10. The van der Waals surface area contributed by atoms with E-state index in [2.05, 4.69) is 11.4 Å². The van der Waals surface area contributed by atoms with E-state index in [4.69, 9.17) is 14.5 Å². The summed E-state index contributed by atoms with van der Waals surface area (Å²) in [6.45, 7) is 3.51. The predicted molar refractivity (Wildman–Crippen MR) is 98.7 cm³/mol. The molecule has 1 aromatic heterocycles. The van der Waals surface area contributed by atoms with Crippen LogP contribution in [0.25, 0.3) is 16.3 Å². The number of rotatable bonds is 4. The second-order valence-electron chi connectivity index (χ2n) is 6.07. The first-order valence-electron chi connectivity index (χ1n) is 8.24. The van der Waals surface area contributed by atoms with Crippen LogP contribution in [0.4, 0.5) is 0 Å². The molecule has 0 bridgehead atoms. The monoisotopic (exact) mass is 338 g/mol. The van der Waals surface area contributed by atoms with E-state index < -0.39 is 0 Å². The molecule has 0 aliphatic heterocycles. The first-order chi connectivity index (χ1) is 12.0. The summed E-state index contributed by atoms with van der Waals surface area (Å²) in [5, 5.41) is 4.96. The zero-order valence-corrected chi connectivity index (χ0v) is 15.0. The number of fused-ring (bicyclic) bond motifs is 1. The second kappa shape index (κ2) is 6.97. The van der Waals surface area contributed by atoms with Crippen molar-refractivity contribution in [3.63, 3.8) is 0 Å². The van der Waals surface area contributed by atoms with Gasteiger partial charge in [0.2, 0.25) is 5.91 Å². The maximum absolute atomic E-state index is 11.3. The molecule has 1 N–H and O–H groups in total. The lowest BCUT2D eigenvalue weighted by Gasteiger charge is -2.16. The van der Waals surface area contributed by atoms with E-state index in [1.54, 1.807) is 14.2 Å². The van der Waals surface area contributed by atoms with Gasteiger partial charge in [-0.1, -0.05) is 6.08 Å². The highest BCUT2D eigenvalue weighted by molar-refractivity contribution is 5.91. The Labute approximate surface area is 147 Å². The van der Waals surface area contributed by atoms with Crippen LogP contribution in [-0.4, -0.2) is 25.1 Å². The number of amides is 1. The van der Waals surface area contributed by atoms with Crippen LogP contribution in [0.5, 0.6) is 11.5 Å². The van der Waals surface area contributed by atoms with Gasteiger partial charge in [0.15, 0.2) is 11.5 Å². The first-order valence-corrected chi connectivity index (χ1v) is 8.24. The molecule has 130 valence electrons. The molecule has 25 heavy (non-hydrogen) atoms. The van der Waals surface area contributed by atoms with Gasteiger partial charge in [-0.15, -0.1) is 0 Å². The molecular formula is C20H22N2O3. The number of nitrogens with one attached hydrogen (secondary N) is 1. The van der Waals surface area contributed by atoms with Crippen LogP contribution in [-0.2, 0) is 4.79 Å². The van der Waals surface area contributed by atoms with Crippen molar-refractivity contribution in [2.75, 3.05) is 14.2 Å². The molecule has 0 atom stereocenters. The maximum atomic E-state index is 11.3. The largest absolute Gasteiger partial charge is 0.493 e. The van der Waals surface area contributed by atoms with E-state index in [0.717, 1.165) is 46.3 Å². The molecule has 0 radical (unpaired) electrons. The normalized spacial score (nSPS) is 13.9. The zero-order valence-electron chi connectivity index (χ0n) is 15.0. The standard InChI is InChI=1S/C20H22N2O3/c1-12-17-11-20(25-4)19(24-3)10-15(17)9-18(21-12)14-6-5-7-16(8-14)22-13(2)23/h6,8-11H,5,7H2,1-4H3,(H,22,23). The molecule has 0 spiro atoms. The second-order valence-corrected chi connectivity index (χ2v) is 6.07. The minimum Gasteiger partial charge on any atom is -0.493 e. The van der Waals surface area contributed by atoms with E-state index in [0.29, 0.717) is 11.5 Å². The maximum Gasteiger partial charge on any atom is 0.220 e. The van der Waals surface area contributed by atoms with Gasteiger partial charge in [0, 0.05) is 23.7 Å². The van der Waals surface area contributed by atoms with E-state index in [1.807, 2.05) is 31.2 Å². The van der Waals surface area contributed by atoms with Crippen molar-refractivity contribution in [3.8, 4) is 11.5 Å². The Bertz CT molecular complexity index is 897. The number of pyridine rings is 1. The number of allylic oxidation sites excluding steroid dienone is 4. The fraction of sp³-hybridized carbons (Fsp3) is 0.300. The first kappa shape index (κ1) is 17.0. The number of carbonyl (C=O) groups excluding carboxylic acids is 1. The van der Waals surface area contributed by atoms with Crippen LogP contribution in [0.15, 0.2) is 36.0 Å². The number of hydrogen-bond acceptors (Lipinski definition) is 4. The van der Waals surface area contributed by atoms with Crippen molar-refractivity contribution in [3.05, 3.63) is 47.4 Å². The lowest BCUT2D eigenvalue weighted by atomic mass is 9.99. The number of nitrogens with zero attached hydrogens (tertiary/aromatic N) is 1. The third-order valence-electron chi connectivity index (χ3n) is 4.27. The van der Waals surface area contributed by atoms with Gasteiger partial charge in [-0.05, 0) is 55.0 Å². The number of hydrogen-bond donors (Lipinski definition) is 1. The Hall–Kier alpha value is -2.82. The Kier molecular flexibility index (Phi) is 4.74. The van der Waals surface area contributed by atoms with Crippen LogP contribution in [0.1, 0.15) is 31.2 Å². The molecule has 0 saturated heterocycles. The number of methoxy groups -OCH3 is 2. The Morgan fingerprint density at radius 1 is 1.16 bits per heavy atom.